The number of anilines is 1. The van der Waals surface area contributed by atoms with Gasteiger partial charge in [0.1, 0.15) is 5.82 Å². The number of hydrogen-bond acceptors (Lipinski definition) is 6. The molecule has 6 nitrogen and oxygen atoms in total. The molecule has 0 aliphatic carbocycles. The highest BCUT2D eigenvalue weighted by Gasteiger charge is 2.27. The summed E-state index contributed by atoms with van der Waals surface area (Å²) in [6.45, 7) is 2.18. The van der Waals surface area contributed by atoms with Crippen molar-refractivity contribution in [2.24, 2.45) is 5.92 Å². The molecule has 1 fully saturated rings. The number of benzene rings is 1. The van der Waals surface area contributed by atoms with Crippen LogP contribution >= 0.6 is 23.5 Å². The number of hydrogen-bond donors (Lipinski definition) is 3. The molecule has 28 heavy (non-hydrogen) atoms. The number of nitrogens with one attached hydrogen (secondary N) is 3. The lowest BCUT2D eigenvalue weighted by molar-refractivity contribution is 0.0303. The van der Waals surface area contributed by atoms with Crippen molar-refractivity contribution in [1.29, 1.82) is 0 Å². The first-order valence-corrected chi connectivity index (χ1v) is 10.5. The molecule has 0 radical (unpaired) electrons. The summed E-state index contributed by atoms with van der Waals surface area (Å²) in [5.41, 5.74) is 1.68. The van der Waals surface area contributed by atoms with Gasteiger partial charge in [-0.15, -0.1) is 0 Å². The molecule has 2 heterocycles. The third-order valence-electron chi connectivity index (χ3n) is 4.44. The van der Waals surface area contributed by atoms with Crippen molar-refractivity contribution in [3.05, 3.63) is 58.6 Å². The van der Waals surface area contributed by atoms with Crippen molar-refractivity contribution >= 4 is 35.1 Å². The van der Waals surface area contributed by atoms with Gasteiger partial charge in [-0.1, -0.05) is 29.6 Å². The Balaban J connectivity index is 1.73. The molecule has 0 unspecified atom stereocenters. The summed E-state index contributed by atoms with van der Waals surface area (Å²) in [7, 11) is 0. The van der Waals surface area contributed by atoms with Crippen molar-refractivity contribution in [3.63, 3.8) is 0 Å². The SMILES string of the molecule is CSNc1cccnc1C(=O)NC[C@@H]1CNCCO[C@H]1c1ccc(Cl)c(F)c1. The highest BCUT2D eigenvalue weighted by Crippen LogP contribution is 2.29. The number of rotatable bonds is 6. The maximum atomic E-state index is 13.9. The lowest BCUT2D eigenvalue weighted by Crippen LogP contribution is -2.37. The average Bonchev–Trinajstić information content (AvgIpc) is 2.94. The lowest BCUT2D eigenvalue weighted by atomic mass is 9.95. The second kappa shape index (κ2) is 10.1. The zero-order valence-electron chi connectivity index (χ0n) is 15.4. The Morgan fingerprint density at radius 2 is 2.32 bits per heavy atom. The third kappa shape index (κ3) is 5.14. The molecule has 1 aliphatic heterocycles. The molecule has 2 atom stereocenters. The number of aromatic nitrogens is 1. The quantitative estimate of drug-likeness (QED) is 0.618. The maximum Gasteiger partial charge on any atom is 0.272 e. The normalized spacial score (nSPS) is 19.7. The summed E-state index contributed by atoms with van der Waals surface area (Å²) in [5, 5.41) is 6.29. The van der Waals surface area contributed by atoms with Gasteiger partial charge in [-0.05, 0) is 29.8 Å². The fourth-order valence-electron chi connectivity index (χ4n) is 3.11. The van der Waals surface area contributed by atoms with Crippen LogP contribution in [-0.4, -0.2) is 43.4 Å². The Labute approximate surface area is 172 Å². The number of pyridine rings is 1. The summed E-state index contributed by atoms with van der Waals surface area (Å²) in [5.74, 6) is -0.834. The summed E-state index contributed by atoms with van der Waals surface area (Å²) in [6.07, 6.45) is 3.10. The smallest absolute Gasteiger partial charge is 0.272 e. The minimum absolute atomic E-state index is 0.0734. The Morgan fingerprint density at radius 1 is 1.46 bits per heavy atom. The van der Waals surface area contributed by atoms with E-state index in [0.29, 0.717) is 43.2 Å². The van der Waals surface area contributed by atoms with E-state index in [4.69, 9.17) is 16.3 Å². The van der Waals surface area contributed by atoms with Crippen LogP contribution in [0.1, 0.15) is 22.2 Å². The second-order valence-corrected chi connectivity index (χ2v) is 7.36. The molecular formula is C19H22ClFN4O2S. The standard InChI is InChI=1S/C19H22ClFN4O2S/c1-28-25-16-3-2-6-23-17(16)19(26)24-11-13-10-22-7-8-27-18(13)12-4-5-14(20)15(21)9-12/h2-6,9,13,18,22,25H,7-8,10-11H2,1H3,(H,24,26)/t13-,18-/m0/s1. The van der Waals surface area contributed by atoms with Crippen LogP contribution in [-0.2, 0) is 4.74 Å². The van der Waals surface area contributed by atoms with Crippen LogP contribution in [0.25, 0.3) is 0 Å². The van der Waals surface area contributed by atoms with Crippen molar-refractivity contribution in [2.45, 2.75) is 6.10 Å². The Kier molecular flexibility index (Phi) is 7.50. The number of amides is 1. The molecule has 1 amide bonds. The van der Waals surface area contributed by atoms with Crippen LogP contribution in [0.15, 0.2) is 36.5 Å². The van der Waals surface area contributed by atoms with Crippen LogP contribution in [0.2, 0.25) is 5.02 Å². The Bertz CT molecular complexity index is 826. The van der Waals surface area contributed by atoms with Gasteiger partial charge in [0.25, 0.3) is 5.91 Å². The fraction of sp³-hybridized carbons (Fsp3) is 0.368. The third-order valence-corrected chi connectivity index (χ3v) is 5.17. The van der Waals surface area contributed by atoms with Gasteiger partial charge in [-0.2, -0.15) is 0 Å². The molecule has 1 aromatic carbocycles. The fourth-order valence-corrected chi connectivity index (χ4v) is 3.61. The van der Waals surface area contributed by atoms with Crippen molar-refractivity contribution < 1.29 is 13.9 Å². The van der Waals surface area contributed by atoms with E-state index < -0.39 is 5.82 Å². The Morgan fingerprint density at radius 3 is 3.11 bits per heavy atom. The molecule has 2 aromatic rings. The van der Waals surface area contributed by atoms with Crippen LogP contribution < -0.4 is 15.4 Å². The van der Waals surface area contributed by atoms with Crippen LogP contribution in [0.5, 0.6) is 0 Å². The maximum absolute atomic E-state index is 13.9. The van der Waals surface area contributed by atoms with Gasteiger partial charge < -0.3 is 20.1 Å². The average molecular weight is 425 g/mol. The van der Waals surface area contributed by atoms with E-state index in [0.717, 1.165) is 0 Å². The first kappa shape index (κ1) is 20.9. The van der Waals surface area contributed by atoms with E-state index >= 15 is 0 Å². The van der Waals surface area contributed by atoms with Gasteiger partial charge in [0.15, 0.2) is 5.69 Å². The van der Waals surface area contributed by atoms with Gasteiger partial charge >= 0.3 is 0 Å². The topological polar surface area (TPSA) is 75.3 Å². The Hall–Kier alpha value is -1.87. The second-order valence-electron chi connectivity index (χ2n) is 6.34. The highest BCUT2D eigenvalue weighted by atomic mass is 35.5. The van der Waals surface area contributed by atoms with Crippen molar-refractivity contribution in [1.82, 2.24) is 15.6 Å². The molecule has 3 rings (SSSR count). The van der Waals surface area contributed by atoms with E-state index in [1.807, 2.05) is 6.26 Å². The number of carbonyl (C=O) groups excluding carboxylic acids is 1. The predicted octanol–water partition coefficient (Wildman–Crippen LogP) is 3.27. The summed E-state index contributed by atoms with van der Waals surface area (Å²) in [4.78, 5) is 16.8. The first-order chi connectivity index (χ1) is 13.6. The highest BCUT2D eigenvalue weighted by molar-refractivity contribution is 7.99. The van der Waals surface area contributed by atoms with E-state index in [-0.39, 0.29) is 23.0 Å². The molecule has 0 saturated carbocycles. The molecule has 1 aliphatic rings. The zero-order chi connectivity index (χ0) is 19.9. The van der Waals surface area contributed by atoms with E-state index in [1.54, 1.807) is 24.4 Å². The van der Waals surface area contributed by atoms with E-state index in [2.05, 4.69) is 20.3 Å². The summed E-state index contributed by atoms with van der Waals surface area (Å²) >= 11 is 7.19. The van der Waals surface area contributed by atoms with Crippen LogP contribution in [0, 0.1) is 11.7 Å². The van der Waals surface area contributed by atoms with Crippen molar-refractivity contribution in [3.8, 4) is 0 Å². The largest absolute Gasteiger partial charge is 0.372 e. The number of halogens is 2. The van der Waals surface area contributed by atoms with E-state index in [9.17, 15) is 9.18 Å². The molecule has 1 aromatic heterocycles. The predicted molar refractivity (Wildman–Crippen MR) is 110 cm³/mol. The molecule has 1 saturated heterocycles. The zero-order valence-corrected chi connectivity index (χ0v) is 16.9. The molecule has 0 bridgehead atoms. The summed E-state index contributed by atoms with van der Waals surface area (Å²) < 4.78 is 22.9. The van der Waals surface area contributed by atoms with Gasteiger partial charge in [0.05, 0.1) is 23.4 Å². The molecule has 9 heteroatoms. The van der Waals surface area contributed by atoms with Crippen LogP contribution in [0.4, 0.5) is 10.1 Å². The molecule has 0 spiro atoms. The van der Waals surface area contributed by atoms with Gasteiger partial charge in [0.2, 0.25) is 0 Å². The summed E-state index contributed by atoms with van der Waals surface area (Å²) in [6, 6.07) is 8.25. The van der Waals surface area contributed by atoms with E-state index in [1.165, 1.54) is 24.1 Å². The molecule has 3 N–H and O–H groups in total. The number of ether oxygens (including phenoxy) is 1. The number of carbonyl (C=O) groups is 1. The minimum atomic E-state index is -0.482. The van der Waals surface area contributed by atoms with Crippen LogP contribution in [0.3, 0.4) is 0 Å². The molecular weight excluding hydrogens is 403 g/mol. The molecule has 150 valence electrons. The first-order valence-electron chi connectivity index (χ1n) is 8.89. The van der Waals surface area contributed by atoms with Gasteiger partial charge in [-0.25, -0.2) is 9.37 Å². The lowest BCUT2D eigenvalue weighted by Gasteiger charge is -2.25. The monoisotopic (exact) mass is 424 g/mol. The van der Waals surface area contributed by atoms with Gasteiger partial charge in [0, 0.05) is 38.0 Å². The van der Waals surface area contributed by atoms with Gasteiger partial charge in [-0.3, -0.25) is 4.79 Å². The van der Waals surface area contributed by atoms with Crippen molar-refractivity contribution in [2.75, 3.05) is 37.2 Å². The number of nitrogens with zero attached hydrogens (tertiary/aromatic N) is 1. The minimum Gasteiger partial charge on any atom is -0.372 e.